The van der Waals surface area contributed by atoms with Crippen molar-refractivity contribution in [3.63, 3.8) is 0 Å². The van der Waals surface area contributed by atoms with Gasteiger partial charge >= 0.3 is 0 Å². The third-order valence-electron chi connectivity index (χ3n) is 6.25. The van der Waals surface area contributed by atoms with Crippen LogP contribution in [0, 0.1) is 0 Å². The second kappa shape index (κ2) is 4.50. The van der Waals surface area contributed by atoms with Crippen molar-refractivity contribution >= 4 is 66.1 Å². The van der Waals surface area contributed by atoms with Crippen molar-refractivity contribution in [1.82, 2.24) is 13.8 Å². The molecule has 8 aromatic rings. The summed E-state index contributed by atoms with van der Waals surface area (Å²) >= 11 is 0. The second-order valence-electron chi connectivity index (χ2n) is 7.68. The number of fused-ring (bicyclic) bond motifs is 12. The number of nitrogens with zero attached hydrogens (tertiary/aromatic N) is 3. The maximum absolute atomic E-state index is 6.15. The molecule has 4 aromatic heterocycles. The van der Waals surface area contributed by atoms with Gasteiger partial charge in [-0.1, -0.05) is 42.5 Å². The Kier molecular flexibility index (Phi) is 2.18. The van der Waals surface area contributed by atoms with Gasteiger partial charge in [0.05, 0.1) is 27.6 Å². The first-order valence-electron chi connectivity index (χ1n) is 9.76. The molecule has 0 aliphatic rings. The summed E-state index contributed by atoms with van der Waals surface area (Å²) in [5.41, 5.74) is 7.58. The molecule has 0 aliphatic carbocycles. The molecule has 0 amide bonds. The molecule has 0 aliphatic heterocycles. The van der Waals surface area contributed by atoms with Crippen molar-refractivity contribution in [3.8, 4) is 0 Å². The lowest BCUT2D eigenvalue weighted by atomic mass is 10.1. The van der Waals surface area contributed by atoms with Crippen molar-refractivity contribution < 1.29 is 4.42 Å². The minimum absolute atomic E-state index is 0.927. The van der Waals surface area contributed by atoms with Crippen molar-refractivity contribution in [3.05, 3.63) is 78.9 Å². The van der Waals surface area contributed by atoms with Crippen LogP contribution in [0.2, 0.25) is 0 Å². The third-order valence-corrected chi connectivity index (χ3v) is 6.25. The zero-order chi connectivity index (χ0) is 18.7. The highest BCUT2D eigenvalue weighted by Gasteiger charge is 2.22. The zero-order valence-electron chi connectivity index (χ0n) is 15.3. The Labute approximate surface area is 163 Å². The maximum Gasteiger partial charge on any atom is 0.220 e. The molecule has 134 valence electrons. The van der Waals surface area contributed by atoms with Crippen LogP contribution in [0.1, 0.15) is 0 Å². The third kappa shape index (κ3) is 1.46. The first kappa shape index (κ1) is 14.0. The molecule has 4 heterocycles. The molecule has 0 unspecified atom stereocenters. The fourth-order valence-electron chi connectivity index (χ4n) is 5.14. The Bertz CT molecular complexity index is 1920. The van der Waals surface area contributed by atoms with Crippen molar-refractivity contribution in [2.75, 3.05) is 0 Å². The summed E-state index contributed by atoms with van der Waals surface area (Å²) < 4.78 is 10.7. The van der Waals surface area contributed by atoms with Gasteiger partial charge in [-0.05, 0) is 36.4 Å². The van der Waals surface area contributed by atoms with Crippen LogP contribution in [0.15, 0.2) is 83.3 Å². The summed E-state index contributed by atoms with van der Waals surface area (Å²) in [7, 11) is 0. The van der Waals surface area contributed by atoms with Gasteiger partial charge in [-0.3, -0.25) is 8.80 Å². The number of benzene rings is 4. The standard InChI is InChI=1S/C25H13N3O/c1-4-11-20-14(6-1)23-21(29-20)13-12-18-22(23)15-7-5-10-19-24(15)28(18)25-26-16-8-2-3-9-17(16)27(19)25/h1-13H. The Morgan fingerprint density at radius 3 is 2.41 bits per heavy atom. The minimum Gasteiger partial charge on any atom is -0.456 e. The molecule has 0 bridgehead atoms. The first-order chi connectivity index (χ1) is 14.4. The molecule has 0 spiro atoms. The van der Waals surface area contributed by atoms with Crippen molar-refractivity contribution in [2.24, 2.45) is 0 Å². The van der Waals surface area contributed by atoms with Crippen molar-refractivity contribution in [2.45, 2.75) is 0 Å². The molecule has 0 saturated carbocycles. The maximum atomic E-state index is 6.15. The fourth-order valence-corrected chi connectivity index (χ4v) is 5.14. The summed E-state index contributed by atoms with van der Waals surface area (Å²) in [5, 5.41) is 4.82. The SMILES string of the molecule is c1ccc2c(c1)nc1n2c2cccc3c4c5c(ccc4n1c32)oc1ccccc15. The van der Waals surface area contributed by atoms with Gasteiger partial charge in [0.2, 0.25) is 5.78 Å². The molecule has 0 radical (unpaired) electrons. The molecule has 0 saturated heterocycles. The Morgan fingerprint density at radius 1 is 0.586 bits per heavy atom. The molecule has 4 aromatic carbocycles. The minimum atomic E-state index is 0.927. The van der Waals surface area contributed by atoms with E-state index < -0.39 is 0 Å². The highest BCUT2D eigenvalue weighted by atomic mass is 16.3. The van der Waals surface area contributed by atoms with Crippen LogP contribution in [0.4, 0.5) is 0 Å². The summed E-state index contributed by atoms with van der Waals surface area (Å²) in [6.07, 6.45) is 0. The van der Waals surface area contributed by atoms with Crippen LogP contribution in [0.5, 0.6) is 0 Å². The van der Waals surface area contributed by atoms with E-state index >= 15 is 0 Å². The smallest absolute Gasteiger partial charge is 0.220 e. The topological polar surface area (TPSA) is 34.9 Å². The van der Waals surface area contributed by atoms with Crippen molar-refractivity contribution in [1.29, 1.82) is 0 Å². The van der Waals surface area contributed by atoms with Gasteiger partial charge in [0, 0.05) is 21.5 Å². The molecular weight excluding hydrogens is 358 g/mol. The number of imidazole rings is 2. The van der Waals surface area contributed by atoms with E-state index in [2.05, 4.69) is 69.5 Å². The lowest BCUT2D eigenvalue weighted by Gasteiger charge is -1.98. The van der Waals surface area contributed by atoms with Gasteiger partial charge in [-0.15, -0.1) is 0 Å². The summed E-state index contributed by atoms with van der Waals surface area (Å²) in [6, 6.07) is 27.4. The van der Waals surface area contributed by atoms with Crippen LogP contribution < -0.4 is 0 Å². The second-order valence-corrected chi connectivity index (χ2v) is 7.68. The quantitative estimate of drug-likeness (QED) is 0.310. The Morgan fingerprint density at radius 2 is 1.41 bits per heavy atom. The molecule has 29 heavy (non-hydrogen) atoms. The highest BCUT2D eigenvalue weighted by Crippen LogP contribution is 2.42. The molecule has 0 N–H and O–H groups in total. The number of hydrogen-bond donors (Lipinski definition) is 0. The summed E-state index contributed by atoms with van der Waals surface area (Å²) in [4.78, 5) is 4.99. The first-order valence-corrected chi connectivity index (χ1v) is 9.76. The average molecular weight is 371 g/mol. The zero-order valence-corrected chi connectivity index (χ0v) is 15.3. The predicted octanol–water partition coefficient (Wildman–Crippen LogP) is 6.38. The van der Waals surface area contributed by atoms with Gasteiger partial charge in [-0.25, -0.2) is 4.98 Å². The molecule has 0 atom stereocenters. The Balaban J connectivity index is 1.76. The van der Waals surface area contributed by atoms with E-state index in [9.17, 15) is 0 Å². The van der Waals surface area contributed by atoms with E-state index in [-0.39, 0.29) is 0 Å². The monoisotopic (exact) mass is 371 g/mol. The van der Waals surface area contributed by atoms with Crippen LogP contribution in [0.25, 0.3) is 66.1 Å². The van der Waals surface area contributed by atoms with Gasteiger partial charge in [0.15, 0.2) is 0 Å². The summed E-state index contributed by atoms with van der Waals surface area (Å²) in [5.74, 6) is 0.958. The predicted molar refractivity (Wildman–Crippen MR) is 117 cm³/mol. The number of aromatic nitrogens is 3. The molecule has 4 nitrogen and oxygen atoms in total. The van der Waals surface area contributed by atoms with Gasteiger partial charge in [0.25, 0.3) is 0 Å². The number of hydrogen-bond acceptors (Lipinski definition) is 2. The lowest BCUT2D eigenvalue weighted by Crippen LogP contribution is -1.84. The van der Waals surface area contributed by atoms with Crippen LogP contribution >= 0.6 is 0 Å². The molecule has 8 rings (SSSR count). The van der Waals surface area contributed by atoms with Crippen LogP contribution in [-0.4, -0.2) is 13.8 Å². The fraction of sp³-hybridized carbons (Fsp3) is 0. The number of furan rings is 1. The highest BCUT2D eigenvalue weighted by molar-refractivity contribution is 6.29. The average Bonchev–Trinajstić information content (AvgIpc) is 3.47. The number of para-hydroxylation sites is 4. The number of rotatable bonds is 0. The van der Waals surface area contributed by atoms with E-state index in [0.29, 0.717) is 0 Å². The van der Waals surface area contributed by atoms with E-state index in [0.717, 1.165) is 33.4 Å². The Hall–Kier alpha value is -4.05. The van der Waals surface area contributed by atoms with Gasteiger partial charge in [0.1, 0.15) is 11.2 Å². The lowest BCUT2D eigenvalue weighted by molar-refractivity contribution is 0.669. The molecule has 4 heteroatoms. The van der Waals surface area contributed by atoms with E-state index in [4.69, 9.17) is 9.40 Å². The van der Waals surface area contributed by atoms with Gasteiger partial charge < -0.3 is 4.42 Å². The molecular formula is C25H13N3O. The van der Waals surface area contributed by atoms with Crippen LogP contribution in [0.3, 0.4) is 0 Å². The van der Waals surface area contributed by atoms with E-state index in [1.807, 2.05) is 18.2 Å². The largest absolute Gasteiger partial charge is 0.456 e. The molecule has 0 fully saturated rings. The normalized spacial score (nSPS) is 12.8. The van der Waals surface area contributed by atoms with E-state index in [1.165, 1.54) is 32.7 Å². The summed E-state index contributed by atoms with van der Waals surface area (Å²) in [6.45, 7) is 0. The van der Waals surface area contributed by atoms with E-state index in [1.54, 1.807) is 0 Å². The van der Waals surface area contributed by atoms with Gasteiger partial charge in [-0.2, -0.15) is 0 Å². The van der Waals surface area contributed by atoms with Crippen LogP contribution in [-0.2, 0) is 0 Å².